The van der Waals surface area contributed by atoms with Gasteiger partial charge in [0.15, 0.2) is 0 Å². The number of carbonyl (C=O) groups excluding carboxylic acids is 3. The van der Waals surface area contributed by atoms with E-state index in [9.17, 15) is 14.4 Å². The van der Waals surface area contributed by atoms with Gasteiger partial charge in [-0.25, -0.2) is 0 Å². The van der Waals surface area contributed by atoms with Crippen LogP contribution in [0.1, 0.15) is 27.0 Å². The summed E-state index contributed by atoms with van der Waals surface area (Å²) in [6.07, 6.45) is 0. The summed E-state index contributed by atoms with van der Waals surface area (Å²) >= 11 is 0. The second kappa shape index (κ2) is 10.2. The maximum Gasteiger partial charge on any atom is 0.251 e. The monoisotopic (exact) mass is 422 g/mol. The van der Waals surface area contributed by atoms with Crippen molar-refractivity contribution in [1.82, 2.24) is 15.1 Å². The molecule has 2 N–H and O–H groups in total. The number of piperazine rings is 1. The molecule has 7 nitrogen and oxygen atoms in total. The summed E-state index contributed by atoms with van der Waals surface area (Å²) < 4.78 is 0. The Hall–Kier alpha value is -3.19. The first kappa shape index (κ1) is 22.5. The Morgan fingerprint density at radius 3 is 2.35 bits per heavy atom. The van der Waals surface area contributed by atoms with Crippen LogP contribution in [-0.4, -0.2) is 66.8 Å². The van der Waals surface area contributed by atoms with Crippen LogP contribution in [0.4, 0.5) is 5.69 Å². The summed E-state index contributed by atoms with van der Waals surface area (Å²) in [5.41, 5.74) is 4.59. The Bertz CT molecular complexity index is 965. The van der Waals surface area contributed by atoms with Crippen LogP contribution >= 0.6 is 0 Å². The molecular weight excluding hydrogens is 392 g/mol. The average Bonchev–Trinajstić information content (AvgIpc) is 2.75. The Labute approximate surface area is 183 Å². The maximum atomic E-state index is 12.5. The van der Waals surface area contributed by atoms with Crippen LogP contribution in [0.5, 0.6) is 0 Å². The summed E-state index contributed by atoms with van der Waals surface area (Å²) in [5, 5.41) is 5.67. The summed E-state index contributed by atoms with van der Waals surface area (Å²) in [5.74, 6) is -0.418. The number of carbonyl (C=O) groups is 3. The Balaban J connectivity index is 1.41. The van der Waals surface area contributed by atoms with Crippen molar-refractivity contribution in [3.63, 3.8) is 0 Å². The van der Waals surface area contributed by atoms with Crippen LogP contribution in [0.15, 0.2) is 42.5 Å². The lowest BCUT2D eigenvalue weighted by molar-refractivity contribution is -0.132. The molecule has 7 heteroatoms. The van der Waals surface area contributed by atoms with E-state index in [0.29, 0.717) is 38.3 Å². The van der Waals surface area contributed by atoms with Gasteiger partial charge in [0.25, 0.3) is 5.91 Å². The smallest absolute Gasteiger partial charge is 0.251 e. The molecule has 0 bridgehead atoms. The molecule has 0 saturated carbocycles. The lowest BCUT2D eigenvalue weighted by atomic mass is 10.1. The number of benzene rings is 2. The number of anilines is 1. The minimum atomic E-state index is -0.251. The average molecular weight is 423 g/mol. The third-order valence-electron chi connectivity index (χ3n) is 5.65. The van der Waals surface area contributed by atoms with Crippen molar-refractivity contribution >= 4 is 23.4 Å². The molecule has 0 aliphatic carbocycles. The molecule has 1 heterocycles. The van der Waals surface area contributed by atoms with Crippen LogP contribution in [-0.2, 0) is 9.59 Å². The second-order valence-corrected chi connectivity index (χ2v) is 8.00. The quantitative estimate of drug-likeness (QED) is 0.747. The van der Waals surface area contributed by atoms with Crippen LogP contribution in [0.2, 0.25) is 0 Å². The van der Waals surface area contributed by atoms with Gasteiger partial charge < -0.3 is 15.5 Å². The van der Waals surface area contributed by atoms with Gasteiger partial charge in [0.2, 0.25) is 11.8 Å². The number of amides is 3. The van der Waals surface area contributed by atoms with Crippen molar-refractivity contribution in [3.05, 3.63) is 64.7 Å². The molecule has 3 amide bonds. The first-order valence-corrected chi connectivity index (χ1v) is 10.5. The number of nitrogens with zero attached hydrogens (tertiary/aromatic N) is 2. The summed E-state index contributed by atoms with van der Waals surface area (Å²) in [6, 6.07) is 13.1. The van der Waals surface area contributed by atoms with Gasteiger partial charge in [-0.2, -0.15) is 0 Å². The van der Waals surface area contributed by atoms with E-state index in [1.165, 1.54) is 0 Å². The van der Waals surface area contributed by atoms with Gasteiger partial charge >= 0.3 is 0 Å². The molecular formula is C24H30N4O3. The molecule has 0 radical (unpaired) electrons. The zero-order valence-electron chi connectivity index (χ0n) is 18.4. The highest BCUT2D eigenvalue weighted by atomic mass is 16.2. The van der Waals surface area contributed by atoms with Gasteiger partial charge in [0, 0.05) is 37.4 Å². The van der Waals surface area contributed by atoms with Crippen LogP contribution < -0.4 is 10.6 Å². The van der Waals surface area contributed by atoms with E-state index in [1.54, 1.807) is 17.0 Å². The Morgan fingerprint density at radius 2 is 1.65 bits per heavy atom. The molecule has 164 valence electrons. The fraction of sp³-hybridized carbons (Fsp3) is 0.375. The summed E-state index contributed by atoms with van der Waals surface area (Å²) in [4.78, 5) is 40.9. The molecule has 0 aromatic heterocycles. The summed E-state index contributed by atoms with van der Waals surface area (Å²) in [6.45, 7) is 8.52. The van der Waals surface area contributed by atoms with E-state index < -0.39 is 0 Å². The first-order chi connectivity index (χ1) is 14.8. The van der Waals surface area contributed by atoms with E-state index in [1.807, 2.05) is 56.0 Å². The zero-order valence-corrected chi connectivity index (χ0v) is 18.4. The van der Waals surface area contributed by atoms with Crippen molar-refractivity contribution in [2.75, 3.05) is 44.6 Å². The van der Waals surface area contributed by atoms with Gasteiger partial charge in [-0.15, -0.1) is 0 Å². The molecule has 3 rings (SSSR count). The van der Waals surface area contributed by atoms with Gasteiger partial charge in [0.1, 0.15) is 0 Å². The highest BCUT2D eigenvalue weighted by molar-refractivity contribution is 5.96. The van der Waals surface area contributed by atoms with Crippen molar-refractivity contribution < 1.29 is 14.4 Å². The van der Waals surface area contributed by atoms with E-state index >= 15 is 0 Å². The number of hydrogen-bond acceptors (Lipinski definition) is 4. The topological polar surface area (TPSA) is 81.8 Å². The number of hydrogen-bond donors (Lipinski definition) is 2. The Kier molecular flexibility index (Phi) is 7.41. The van der Waals surface area contributed by atoms with Crippen LogP contribution in [0, 0.1) is 20.8 Å². The van der Waals surface area contributed by atoms with E-state index in [-0.39, 0.29) is 24.3 Å². The molecule has 0 spiro atoms. The van der Waals surface area contributed by atoms with Crippen molar-refractivity contribution in [2.24, 2.45) is 0 Å². The minimum absolute atomic E-state index is 0.0279. The molecule has 2 aromatic rings. The second-order valence-electron chi connectivity index (χ2n) is 8.00. The number of nitrogens with one attached hydrogen (secondary N) is 2. The summed E-state index contributed by atoms with van der Waals surface area (Å²) in [7, 11) is 0. The molecule has 0 unspecified atom stereocenters. The van der Waals surface area contributed by atoms with E-state index in [4.69, 9.17) is 0 Å². The van der Waals surface area contributed by atoms with E-state index in [2.05, 4.69) is 10.6 Å². The molecule has 2 aromatic carbocycles. The molecule has 31 heavy (non-hydrogen) atoms. The number of aryl methyl sites for hydroxylation is 2. The van der Waals surface area contributed by atoms with Crippen LogP contribution in [0.25, 0.3) is 0 Å². The van der Waals surface area contributed by atoms with Crippen LogP contribution in [0.3, 0.4) is 0 Å². The predicted molar refractivity (Wildman–Crippen MR) is 121 cm³/mol. The lowest BCUT2D eigenvalue weighted by Gasteiger charge is -2.34. The Morgan fingerprint density at radius 1 is 0.935 bits per heavy atom. The largest absolute Gasteiger partial charge is 0.343 e. The molecule has 1 fully saturated rings. The molecule has 0 atom stereocenters. The van der Waals surface area contributed by atoms with E-state index in [0.717, 1.165) is 22.4 Å². The highest BCUT2D eigenvalue weighted by Crippen LogP contribution is 2.18. The van der Waals surface area contributed by atoms with Gasteiger partial charge in [0.05, 0.1) is 13.1 Å². The van der Waals surface area contributed by atoms with Crippen molar-refractivity contribution in [2.45, 2.75) is 20.8 Å². The van der Waals surface area contributed by atoms with Crippen molar-refractivity contribution in [1.29, 1.82) is 0 Å². The first-order valence-electron chi connectivity index (χ1n) is 10.5. The third-order valence-corrected chi connectivity index (χ3v) is 5.65. The fourth-order valence-electron chi connectivity index (χ4n) is 3.59. The lowest BCUT2D eigenvalue weighted by Crippen LogP contribution is -2.52. The van der Waals surface area contributed by atoms with Gasteiger partial charge in [-0.1, -0.05) is 29.8 Å². The third kappa shape index (κ3) is 6.15. The zero-order chi connectivity index (χ0) is 22.4. The number of rotatable bonds is 6. The predicted octanol–water partition coefficient (Wildman–Crippen LogP) is 2.12. The van der Waals surface area contributed by atoms with Gasteiger partial charge in [-0.3, -0.25) is 19.3 Å². The normalized spacial score (nSPS) is 14.2. The molecule has 1 saturated heterocycles. The fourth-order valence-corrected chi connectivity index (χ4v) is 3.59. The highest BCUT2D eigenvalue weighted by Gasteiger charge is 2.23. The maximum absolute atomic E-state index is 12.5. The molecule has 1 aliphatic rings. The minimum Gasteiger partial charge on any atom is -0.343 e. The van der Waals surface area contributed by atoms with Crippen molar-refractivity contribution in [3.8, 4) is 0 Å². The standard InChI is InChI=1S/C24H30N4O3/c1-17-6-4-8-20(14-17)24(31)25-15-23(30)28-12-10-27(11-13-28)16-22(29)26-21-9-5-7-18(2)19(21)3/h4-9,14H,10-13,15-16H2,1-3H3,(H,25,31)(H,26,29). The molecule has 1 aliphatic heterocycles. The SMILES string of the molecule is Cc1cccc(C(=O)NCC(=O)N2CCN(CC(=O)Nc3cccc(C)c3C)CC2)c1. The van der Waals surface area contributed by atoms with Gasteiger partial charge in [-0.05, 0) is 50.1 Å².